The van der Waals surface area contributed by atoms with E-state index in [2.05, 4.69) is 10.1 Å². The summed E-state index contributed by atoms with van der Waals surface area (Å²) in [6.07, 6.45) is 2.71. The minimum absolute atomic E-state index is 0.0788. The van der Waals surface area contributed by atoms with Crippen molar-refractivity contribution in [2.45, 2.75) is 0 Å². The van der Waals surface area contributed by atoms with Crippen molar-refractivity contribution in [3.8, 4) is 11.4 Å². The van der Waals surface area contributed by atoms with Crippen molar-refractivity contribution in [3.05, 3.63) is 41.0 Å². The third kappa shape index (κ3) is 1.70. The number of nitrogens with zero attached hydrogens (tertiary/aromatic N) is 4. The minimum atomic E-state index is -0.487. The average molecular weight is 220 g/mol. The summed E-state index contributed by atoms with van der Waals surface area (Å²) < 4.78 is 6.26. The molecule has 2 rings (SSSR count). The molecule has 7 heteroatoms. The number of aromatic nitrogens is 3. The molecule has 0 spiro atoms. The van der Waals surface area contributed by atoms with Gasteiger partial charge in [0, 0.05) is 0 Å². The van der Waals surface area contributed by atoms with Crippen LogP contribution in [0.5, 0.6) is 5.75 Å². The Morgan fingerprint density at radius 3 is 2.88 bits per heavy atom. The summed E-state index contributed by atoms with van der Waals surface area (Å²) in [7, 11) is 1.45. The van der Waals surface area contributed by atoms with Gasteiger partial charge in [-0.1, -0.05) is 0 Å². The molecule has 0 atom stereocenters. The Labute approximate surface area is 90.4 Å². The first-order valence-electron chi connectivity index (χ1n) is 4.40. The first kappa shape index (κ1) is 10.1. The van der Waals surface area contributed by atoms with Gasteiger partial charge in [-0.25, -0.2) is 9.67 Å². The number of hydrogen-bond acceptors (Lipinski definition) is 5. The van der Waals surface area contributed by atoms with Crippen molar-refractivity contribution in [1.82, 2.24) is 14.8 Å². The van der Waals surface area contributed by atoms with E-state index in [9.17, 15) is 10.1 Å². The van der Waals surface area contributed by atoms with Gasteiger partial charge in [-0.3, -0.25) is 10.1 Å². The highest BCUT2D eigenvalue weighted by Gasteiger charge is 2.16. The van der Waals surface area contributed by atoms with E-state index in [1.165, 1.54) is 30.5 Å². The molecule has 0 amide bonds. The van der Waals surface area contributed by atoms with E-state index in [-0.39, 0.29) is 5.69 Å². The molecule has 0 aliphatic heterocycles. The van der Waals surface area contributed by atoms with Gasteiger partial charge < -0.3 is 4.74 Å². The normalized spacial score (nSPS) is 10.1. The van der Waals surface area contributed by atoms with Crippen molar-refractivity contribution in [1.29, 1.82) is 0 Å². The Hall–Kier alpha value is -2.44. The van der Waals surface area contributed by atoms with E-state index in [1.807, 2.05) is 0 Å². The van der Waals surface area contributed by atoms with Gasteiger partial charge in [-0.05, 0) is 12.1 Å². The number of methoxy groups -OCH3 is 1. The Morgan fingerprint density at radius 2 is 2.31 bits per heavy atom. The van der Waals surface area contributed by atoms with Gasteiger partial charge in [0.25, 0.3) is 5.69 Å². The second-order valence-electron chi connectivity index (χ2n) is 2.95. The molecule has 1 aromatic heterocycles. The Balaban J connectivity index is 2.57. The van der Waals surface area contributed by atoms with E-state index in [4.69, 9.17) is 4.74 Å². The van der Waals surface area contributed by atoms with Gasteiger partial charge in [0.2, 0.25) is 0 Å². The van der Waals surface area contributed by atoms with Gasteiger partial charge in [0.1, 0.15) is 24.1 Å². The molecule has 0 N–H and O–H groups in total. The second-order valence-corrected chi connectivity index (χ2v) is 2.95. The van der Waals surface area contributed by atoms with Crippen LogP contribution in [0.2, 0.25) is 0 Å². The molecule has 1 heterocycles. The number of benzene rings is 1. The van der Waals surface area contributed by atoms with Crippen LogP contribution in [-0.2, 0) is 0 Å². The zero-order chi connectivity index (χ0) is 11.5. The lowest BCUT2D eigenvalue weighted by Crippen LogP contribution is -2.01. The van der Waals surface area contributed by atoms with Crippen LogP contribution in [0, 0.1) is 10.1 Å². The van der Waals surface area contributed by atoms with Crippen LogP contribution in [0.3, 0.4) is 0 Å². The average Bonchev–Trinajstić information content (AvgIpc) is 2.81. The predicted molar refractivity (Wildman–Crippen MR) is 54.6 cm³/mol. The number of ether oxygens (including phenoxy) is 1. The monoisotopic (exact) mass is 220 g/mol. The highest BCUT2D eigenvalue weighted by Crippen LogP contribution is 2.26. The summed E-state index contributed by atoms with van der Waals surface area (Å²) in [6.45, 7) is 0. The third-order valence-electron chi connectivity index (χ3n) is 2.04. The number of nitro groups is 1. The Kier molecular flexibility index (Phi) is 2.50. The lowest BCUT2D eigenvalue weighted by Gasteiger charge is -2.04. The third-order valence-corrected chi connectivity index (χ3v) is 2.04. The molecule has 82 valence electrons. The van der Waals surface area contributed by atoms with E-state index < -0.39 is 4.92 Å². The number of nitro benzene ring substituents is 1. The van der Waals surface area contributed by atoms with Crippen LogP contribution in [0.25, 0.3) is 5.69 Å². The molecule has 0 radical (unpaired) electrons. The molecule has 7 nitrogen and oxygen atoms in total. The van der Waals surface area contributed by atoms with E-state index in [0.717, 1.165) is 0 Å². The largest absolute Gasteiger partial charge is 0.496 e. The van der Waals surface area contributed by atoms with Gasteiger partial charge >= 0.3 is 0 Å². The van der Waals surface area contributed by atoms with Crippen molar-refractivity contribution in [2.75, 3.05) is 7.11 Å². The zero-order valence-corrected chi connectivity index (χ0v) is 8.40. The standard InChI is InChI=1S/C9H8N4O3/c1-16-7-2-3-8(9(4-7)13(14)15)12-6-10-5-11-12/h2-6H,1H3. The van der Waals surface area contributed by atoms with Crippen LogP contribution < -0.4 is 4.74 Å². The van der Waals surface area contributed by atoms with Gasteiger partial charge in [0.15, 0.2) is 0 Å². The zero-order valence-electron chi connectivity index (χ0n) is 8.40. The van der Waals surface area contributed by atoms with E-state index in [0.29, 0.717) is 11.4 Å². The maximum atomic E-state index is 10.9. The summed E-state index contributed by atoms with van der Waals surface area (Å²) in [5.74, 6) is 0.426. The lowest BCUT2D eigenvalue weighted by atomic mass is 10.2. The van der Waals surface area contributed by atoms with Gasteiger partial charge in [-0.15, -0.1) is 0 Å². The summed E-state index contributed by atoms with van der Waals surface area (Å²) in [6, 6.07) is 4.53. The van der Waals surface area contributed by atoms with Gasteiger partial charge in [-0.2, -0.15) is 5.10 Å². The van der Waals surface area contributed by atoms with Crippen molar-refractivity contribution in [3.63, 3.8) is 0 Å². The molecule has 0 bridgehead atoms. The van der Waals surface area contributed by atoms with Crippen LogP contribution >= 0.6 is 0 Å². The molecular formula is C9H8N4O3. The molecule has 16 heavy (non-hydrogen) atoms. The van der Waals surface area contributed by atoms with Crippen LogP contribution in [0.15, 0.2) is 30.9 Å². The van der Waals surface area contributed by atoms with Crippen LogP contribution in [0.4, 0.5) is 5.69 Å². The fourth-order valence-electron chi connectivity index (χ4n) is 1.30. The molecule has 0 aliphatic carbocycles. The Bertz CT molecular complexity index is 509. The van der Waals surface area contributed by atoms with Crippen molar-refractivity contribution < 1.29 is 9.66 Å². The molecule has 2 aromatic rings. The summed E-state index contributed by atoms with van der Waals surface area (Å²) in [5.41, 5.74) is 0.271. The van der Waals surface area contributed by atoms with Gasteiger partial charge in [0.05, 0.1) is 18.1 Å². The Morgan fingerprint density at radius 1 is 1.50 bits per heavy atom. The highest BCUT2D eigenvalue weighted by atomic mass is 16.6. The summed E-state index contributed by atoms with van der Waals surface area (Å²) >= 11 is 0. The number of rotatable bonds is 3. The topological polar surface area (TPSA) is 83.1 Å². The molecule has 0 saturated heterocycles. The molecule has 0 saturated carbocycles. The summed E-state index contributed by atoms with van der Waals surface area (Å²) in [5, 5.41) is 14.7. The number of hydrogen-bond donors (Lipinski definition) is 0. The smallest absolute Gasteiger partial charge is 0.298 e. The highest BCUT2D eigenvalue weighted by molar-refractivity contribution is 5.55. The fraction of sp³-hybridized carbons (Fsp3) is 0.111. The first-order chi connectivity index (χ1) is 7.72. The molecule has 1 aromatic carbocycles. The van der Waals surface area contributed by atoms with Crippen molar-refractivity contribution >= 4 is 5.69 Å². The maximum Gasteiger partial charge on any atom is 0.298 e. The molecule has 0 fully saturated rings. The first-order valence-corrected chi connectivity index (χ1v) is 4.40. The molecule has 0 unspecified atom stereocenters. The quantitative estimate of drug-likeness (QED) is 0.573. The molecule has 0 aliphatic rings. The SMILES string of the molecule is COc1ccc(-n2cncn2)c([N+](=O)[O-])c1. The molecular weight excluding hydrogens is 212 g/mol. The summed E-state index contributed by atoms with van der Waals surface area (Å²) in [4.78, 5) is 14.1. The lowest BCUT2D eigenvalue weighted by molar-refractivity contribution is -0.384. The minimum Gasteiger partial charge on any atom is -0.496 e. The van der Waals surface area contributed by atoms with Crippen LogP contribution in [0.1, 0.15) is 0 Å². The second kappa shape index (κ2) is 3.97. The predicted octanol–water partition coefficient (Wildman–Crippen LogP) is 1.18. The van der Waals surface area contributed by atoms with E-state index >= 15 is 0 Å². The van der Waals surface area contributed by atoms with Crippen LogP contribution in [-0.4, -0.2) is 26.8 Å². The fourth-order valence-corrected chi connectivity index (χ4v) is 1.30. The van der Waals surface area contributed by atoms with E-state index in [1.54, 1.807) is 12.1 Å². The van der Waals surface area contributed by atoms with Crippen molar-refractivity contribution in [2.24, 2.45) is 0 Å². The maximum absolute atomic E-state index is 10.9.